The van der Waals surface area contributed by atoms with Gasteiger partial charge in [-0.25, -0.2) is 13.4 Å². The average molecular weight is 323 g/mol. The normalized spacial score (nSPS) is 22.1. The van der Waals surface area contributed by atoms with Crippen molar-refractivity contribution >= 4 is 38.7 Å². The lowest BCUT2D eigenvalue weighted by atomic mass is 10.2. The molecule has 0 aromatic carbocycles. The van der Waals surface area contributed by atoms with Crippen molar-refractivity contribution in [2.24, 2.45) is 0 Å². The van der Waals surface area contributed by atoms with Gasteiger partial charge in [-0.2, -0.15) is 0 Å². The van der Waals surface area contributed by atoms with E-state index in [-0.39, 0.29) is 29.9 Å². The molecule has 1 unspecified atom stereocenters. The Balaban J connectivity index is 1.87. The zero-order chi connectivity index (χ0) is 13.9. The number of thiazole rings is 1. The molecular weight excluding hydrogens is 308 g/mol. The molecule has 1 aromatic rings. The minimum absolute atomic E-state index is 0.0452. The van der Waals surface area contributed by atoms with E-state index < -0.39 is 9.84 Å². The van der Waals surface area contributed by atoms with Gasteiger partial charge < -0.3 is 5.32 Å². The van der Waals surface area contributed by atoms with Crippen molar-refractivity contribution in [1.82, 2.24) is 10.3 Å². The van der Waals surface area contributed by atoms with E-state index in [9.17, 15) is 13.2 Å². The first-order valence-electron chi connectivity index (χ1n) is 5.97. The van der Waals surface area contributed by atoms with Gasteiger partial charge in [0, 0.05) is 11.4 Å². The quantitative estimate of drug-likeness (QED) is 0.843. The van der Waals surface area contributed by atoms with Gasteiger partial charge in [-0.15, -0.1) is 22.9 Å². The van der Waals surface area contributed by atoms with Crippen LogP contribution in [0.25, 0.3) is 0 Å². The maximum absolute atomic E-state index is 11.8. The highest BCUT2D eigenvalue weighted by Crippen LogP contribution is 2.14. The Kier molecular flexibility index (Phi) is 4.81. The van der Waals surface area contributed by atoms with E-state index in [0.717, 1.165) is 12.1 Å². The predicted molar refractivity (Wildman–Crippen MR) is 75.2 cm³/mol. The van der Waals surface area contributed by atoms with E-state index in [1.54, 1.807) is 0 Å². The van der Waals surface area contributed by atoms with Crippen molar-refractivity contribution in [3.63, 3.8) is 0 Å². The molecule has 0 aliphatic carbocycles. The summed E-state index contributed by atoms with van der Waals surface area (Å²) in [7, 11) is -3.00. The number of carbonyl (C=O) groups excluding carboxylic acids is 1. The molecule has 1 N–H and O–H groups in total. The van der Waals surface area contributed by atoms with Crippen LogP contribution in [0.5, 0.6) is 0 Å². The fourth-order valence-corrected chi connectivity index (χ4v) is 4.70. The van der Waals surface area contributed by atoms with E-state index in [4.69, 9.17) is 11.6 Å². The smallest absolute Gasteiger partial charge is 0.227 e. The summed E-state index contributed by atoms with van der Waals surface area (Å²) in [5, 5.41) is 5.29. The molecule has 2 heterocycles. The number of hydrogen-bond acceptors (Lipinski definition) is 5. The van der Waals surface area contributed by atoms with Crippen molar-refractivity contribution in [3.8, 4) is 0 Å². The highest BCUT2D eigenvalue weighted by atomic mass is 35.5. The molecule has 8 heteroatoms. The second-order valence-electron chi connectivity index (χ2n) is 4.56. The molecule has 1 amide bonds. The summed E-state index contributed by atoms with van der Waals surface area (Å²) >= 11 is 7.03. The van der Waals surface area contributed by atoms with Crippen LogP contribution in [0.3, 0.4) is 0 Å². The molecule has 0 saturated carbocycles. The highest BCUT2D eigenvalue weighted by Gasteiger charge is 2.25. The molecule has 5 nitrogen and oxygen atoms in total. The van der Waals surface area contributed by atoms with Crippen molar-refractivity contribution in [1.29, 1.82) is 0 Å². The molecule has 1 aliphatic heterocycles. The number of sulfone groups is 1. The maximum atomic E-state index is 11.8. The van der Waals surface area contributed by atoms with E-state index in [1.165, 1.54) is 11.3 Å². The number of amides is 1. The summed E-state index contributed by atoms with van der Waals surface area (Å²) in [4.78, 5) is 16.0. The Hall–Kier alpha value is -0.660. The number of hydrogen-bond donors (Lipinski definition) is 1. The topological polar surface area (TPSA) is 76.1 Å². The molecule has 1 fully saturated rings. The van der Waals surface area contributed by atoms with Crippen LogP contribution in [-0.4, -0.2) is 36.9 Å². The van der Waals surface area contributed by atoms with Gasteiger partial charge in [0.2, 0.25) is 5.91 Å². The number of aromatic nitrogens is 1. The Morgan fingerprint density at radius 1 is 1.58 bits per heavy atom. The summed E-state index contributed by atoms with van der Waals surface area (Å²) < 4.78 is 22.9. The minimum Gasteiger partial charge on any atom is -0.352 e. The molecule has 1 saturated heterocycles. The van der Waals surface area contributed by atoms with Crippen LogP contribution in [0.2, 0.25) is 0 Å². The van der Waals surface area contributed by atoms with Crippen LogP contribution < -0.4 is 5.32 Å². The summed E-state index contributed by atoms with van der Waals surface area (Å²) in [6.45, 7) is 0. The largest absolute Gasteiger partial charge is 0.352 e. The molecule has 2 rings (SSSR count). The van der Waals surface area contributed by atoms with Crippen LogP contribution in [0.4, 0.5) is 0 Å². The summed E-state index contributed by atoms with van der Waals surface area (Å²) in [5.41, 5.74) is 0.759. The number of nitrogens with one attached hydrogen (secondary N) is 1. The highest BCUT2D eigenvalue weighted by molar-refractivity contribution is 7.91. The summed E-state index contributed by atoms with van der Waals surface area (Å²) in [5.74, 6) is 0.422. The van der Waals surface area contributed by atoms with Crippen molar-refractivity contribution < 1.29 is 13.2 Å². The molecule has 1 aliphatic rings. The molecule has 0 bridgehead atoms. The van der Waals surface area contributed by atoms with Crippen molar-refractivity contribution in [2.45, 2.75) is 31.2 Å². The molecule has 0 radical (unpaired) electrons. The SMILES string of the molecule is O=C(Cc1nc(CCl)cs1)NC1CCCS(=O)(=O)C1. The molecule has 19 heavy (non-hydrogen) atoms. The molecular formula is C11H15ClN2O3S2. The Morgan fingerprint density at radius 3 is 3.00 bits per heavy atom. The third kappa shape index (κ3) is 4.43. The number of rotatable bonds is 4. The van der Waals surface area contributed by atoms with Crippen molar-refractivity contribution in [2.75, 3.05) is 11.5 Å². The standard InChI is InChI=1S/C11H15ClN2O3S2/c12-5-9-6-18-11(14-9)4-10(15)13-8-2-1-3-19(16,17)7-8/h6,8H,1-5,7H2,(H,13,15). The number of carbonyl (C=O) groups is 1. The monoisotopic (exact) mass is 322 g/mol. The van der Waals surface area contributed by atoms with Gasteiger partial charge in [0.25, 0.3) is 0 Å². The summed E-state index contributed by atoms with van der Waals surface area (Å²) in [6.07, 6.45) is 1.51. The van der Waals surface area contributed by atoms with Gasteiger partial charge in [0.15, 0.2) is 9.84 Å². The first kappa shape index (κ1) is 14.7. The first-order chi connectivity index (χ1) is 8.98. The number of alkyl halides is 1. The van der Waals surface area contributed by atoms with Gasteiger partial charge >= 0.3 is 0 Å². The zero-order valence-corrected chi connectivity index (χ0v) is 12.7. The van der Waals surface area contributed by atoms with Gasteiger partial charge in [0.1, 0.15) is 5.01 Å². The molecule has 1 atom stereocenters. The Labute approximate surface area is 121 Å². The second kappa shape index (κ2) is 6.19. The minimum atomic E-state index is -3.00. The average Bonchev–Trinajstić information content (AvgIpc) is 2.75. The van der Waals surface area contributed by atoms with Crippen LogP contribution in [0.15, 0.2) is 5.38 Å². The Morgan fingerprint density at radius 2 is 2.37 bits per heavy atom. The summed E-state index contributed by atoms with van der Waals surface area (Å²) in [6, 6.07) is -0.265. The molecule has 106 valence electrons. The van der Waals surface area contributed by atoms with E-state index in [0.29, 0.717) is 17.3 Å². The van der Waals surface area contributed by atoms with Gasteiger partial charge in [0.05, 0.1) is 29.5 Å². The zero-order valence-electron chi connectivity index (χ0n) is 10.3. The lowest BCUT2D eigenvalue weighted by Crippen LogP contribution is -2.43. The third-order valence-electron chi connectivity index (χ3n) is 2.88. The lowest BCUT2D eigenvalue weighted by molar-refractivity contribution is -0.121. The van der Waals surface area contributed by atoms with Crippen LogP contribution in [0, 0.1) is 0 Å². The van der Waals surface area contributed by atoms with E-state index >= 15 is 0 Å². The number of halogens is 1. The van der Waals surface area contributed by atoms with Gasteiger partial charge in [-0.3, -0.25) is 4.79 Å². The Bertz CT molecular complexity index is 556. The van der Waals surface area contributed by atoms with Crippen LogP contribution in [0.1, 0.15) is 23.5 Å². The molecule has 1 aromatic heterocycles. The maximum Gasteiger partial charge on any atom is 0.227 e. The van der Waals surface area contributed by atoms with E-state index in [1.807, 2.05) is 5.38 Å². The van der Waals surface area contributed by atoms with E-state index in [2.05, 4.69) is 10.3 Å². The van der Waals surface area contributed by atoms with Crippen molar-refractivity contribution in [3.05, 3.63) is 16.1 Å². The number of nitrogens with zero attached hydrogens (tertiary/aromatic N) is 1. The fourth-order valence-electron chi connectivity index (χ4n) is 2.04. The second-order valence-corrected chi connectivity index (χ2v) is 8.00. The fraction of sp³-hybridized carbons (Fsp3) is 0.636. The molecule has 0 spiro atoms. The first-order valence-corrected chi connectivity index (χ1v) is 9.21. The third-order valence-corrected chi connectivity index (χ3v) is 5.87. The van der Waals surface area contributed by atoms with Crippen LogP contribution in [-0.2, 0) is 26.9 Å². The van der Waals surface area contributed by atoms with Gasteiger partial charge in [-0.1, -0.05) is 0 Å². The van der Waals surface area contributed by atoms with Gasteiger partial charge in [-0.05, 0) is 12.8 Å². The van der Waals surface area contributed by atoms with Crippen LogP contribution >= 0.6 is 22.9 Å². The lowest BCUT2D eigenvalue weighted by Gasteiger charge is -2.22. The predicted octanol–water partition coefficient (Wildman–Crippen LogP) is 1.12.